The Bertz CT molecular complexity index is 886. The predicted octanol–water partition coefficient (Wildman–Crippen LogP) is 5.05. The second-order valence-electron chi connectivity index (χ2n) is 5.76. The molecule has 0 saturated heterocycles. The van der Waals surface area contributed by atoms with Crippen molar-refractivity contribution in [3.05, 3.63) is 78.9 Å². The molecule has 3 aromatic carbocycles. The fraction of sp³-hybridized carbons (Fsp3) is 0.0952. The molecule has 0 aromatic heterocycles. The Hall–Kier alpha value is -3.61. The van der Waals surface area contributed by atoms with E-state index < -0.39 is 6.61 Å². The number of rotatable bonds is 8. The van der Waals surface area contributed by atoms with Crippen LogP contribution in [0, 0.1) is 0 Å². The standard InChI is InChI=1S/C21H18F2N2O3/c22-21(23)28-19-12-8-17(9-13-19)25-20(26)14-27-18-10-6-16(7-11-18)24-15-4-2-1-3-5-15/h1-13,21,24H,14H2,(H,25,26). The summed E-state index contributed by atoms with van der Waals surface area (Å²) in [6, 6.07) is 22.6. The molecule has 0 saturated carbocycles. The number of halogens is 2. The normalized spacial score (nSPS) is 10.4. The van der Waals surface area contributed by atoms with E-state index in [0.29, 0.717) is 11.4 Å². The summed E-state index contributed by atoms with van der Waals surface area (Å²) < 4.78 is 33.9. The first-order valence-corrected chi connectivity index (χ1v) is 8.48. The van der Waals surface area contributed by atoms with Gasteiger partial charge < -0.3 is 20.1 Å². The van der Waals surface area contributed by atoms with Crippen molar-refractivity contribution in [2.45, 2.75) is 6.61 Å². The molecule has 0 bridgehead atoms. The fourth-order valence-corrected chi connectivity index (χ4v) is 2.39. The number of hydrogen-bond acceptors (Lipinski definition) is 4. The molecule has 0 atom stereocenters. The highest BCUT2D eigenvalue weighted by molar-refractivity contribution is 5.91. The highest BCUT2D eigenvalue weighted by Gasteiger charge is 2.06. The first-order chi connectivity index (χ1) is 13.6. The zero-order chi connectivity index (χ0) is 19.8. The second kappa shape index (κ2) is 9.36. The van der Waals surface area contributed by atoms with Gasteiger partial charge in [-0.3, -0.25) is 4.79 Å². The summed E-state index contributed by atoms with van der Waals surface area (Å²) in [6.07, 6.45) is 0. The summed E-state index contributed by atoms with van der Waals surface area (Å²) in [4.78, 5) is 12.0. The van der Waals surface area contributed by atoms with Crippen LogP contribution in [0.2, 0.25) is 0 Å². The maximum Gasteiger partial charge on any atom is 0.387 e. The lowest BCUT2D eigenvalue weighted by Crippen LogP contribution is -2.20. The Morgan fingerprint density at radius 1 is 0.786 bits per heavy atom. The van der Waals surface area contributed by atoms with Crippen LogP contribution in [0.1, 0.15) is 0 Å². The molecule has 0 fully saturated rings. The third-order valence-corrected chi connectivity index (χ3v) is 3.65. The van der Waals surface area contributed by atoms with Gasteiger partial charge in [0.05, 0.1) is 0 Å². The Labute approximate surface area is 160 Å². The molecule has 3 aromatic rings. The number of ether oxygens (including phenoxy) is 2. The van der Waals surface area contributed by atoms with Gasteiger partial charge in [-0.15, -0.1) is 0 Å². The number of amides is 1. The maximum absolute atomic E-state index is 12.1. The third kappa shape index (κ3) is 5.98. The predicted molar refractivity (Wildman–Crippen MR) is 103 cm³/mol. The van der Waals surface area contributed by atoms with Crippen LogP contribution in [0.4, 0.5) is 25.8 Å². The Kier molecular flexibility index (Phi) is 6.41. The molecule has 0 radical (unpaired) electrons. The topological polar surface area (TPSA) is 59.6 Å². The molecule has 7 heteroatoms. The van der Waals surface area contributed by atoms with Crippen molar-refractivity contribution in [3.8, 4) is 11.5 Å². The molecule has 0 spiro atoms. The van der Waals surface area contributed by atoms with Crippen molar-refractivity contribution in [3.63, 3.8) is 0 Å². The molecule has 0 aliphatic rings. The molecule has 5 nitrogen and oxygen atoms in total. The first-order valence-electron chi connectivity index (χ1n) is 8.48. The van der Waals surface area contributed by atoms with E-state index in [9.17, 15) is 13.6 Å². The Balaban J connectivity index is 1.46. The molecule has 2 N–H and O–H groups in total. The van der Waals surface area contributed by atoms with E-state index in [1.807, 2.05) is 42.5 Å². The second-order valence-corrected chi connectivity index (χ2v) is 5.76. The molecular formula is C21H18F2N2O3. The van der Waals surface area contributed by atoms with Gasteiger partial charge in [0.15, 0.2) is 6.61 Å². The van der Waals surface area contributed by atoms with Crippen LogP contribution in [0.5, 0.6) is 11.5 Å². The highest BCUT2D eigenvalue weighted by Crippen LogP contribution is 2.20. The monoisotopic (exact) mass is 384 g/mol. The van der Waals surface area contributed by atoms with Gasteiger partial charge in [-0.2, -0.15) is 8.78 Å². The minimum Gasteiger partial charge on any atom is -0.484 e. The summed E-state index contributed by atoms with van der Waals surface area (Å²) in [5, 5.41) is 5.87. The van der Waals surface area contributed by atoms with Gasteiger partial charge in [0.1, 0.15) is 11.5 Å². The summed E-state index contributed by atoms with van der Waals surface area (Å²) >= 11 is 0. The van der Waals surface area contributed by atoms with Crippen LogP contribution >= 0.6 is 0 Å². The average molecular weight is 384 g/mol. The van der Waals surface area contributed by atoms with Crippen LogP contribution in [0.25, 0.3) is 0 Å². The Morgan fingerprint density at radius 2 is 1.36 bits per heavy atom. The van der Waals surface area contributed by atoms with Crippen LogP contribution in [0.15, 0.2) is 78.9 Å². The molecule has 1 amide bonds. The zero-order valence-electron chi connectivity index (χ0n) is 14.8. The molecular weight excluding hydrogens is 366 g/mol. The summed E-state index contributed by atoms with van der Waals surface area (Å²) in [7, 11) is 0. The van der Waals surface area contributed by atoms with Crippen molar-refractivity contribution in [2.24, 2.45) is 0 Å². The Morgan fingerprint density at radius 3 is 2.00 bits per heavy atom. The first kappa shape index (κ1) is 19.2. The van der Waals surface area contributed by atoms with Gasteiger partial charge in [0.25, 0.3) is 5.91 Å². The van der Waals surface area contributed by atoms with E-state index >= 15 is 0 Å². The van der Waals surface area contributed by atoms with Crippen molar-refractivity contribution in [1.82, 2.24) is 0 Å². The van der Waals surface area contributed by atoms with E-state index in [4.69, 9.17) is 4.74 Å². The smallest absolute Gasteiger partial charge is 0.387 e. The van der Waals surface area contributed by atoms with Crippen LogP contribution < -0.4 is 20.1 Å². The number of benzene rings is 3. The quantitative estimate of drug-likeness (QED) is 0.571. The van der Waals surface area contributed by atoms with E-state index in [1.54, 1.807) is 12.1 Å². The van der Waals surface area contributed by atoms with E-state index in [1.165, 1.54) is 24.3 Å². The minimum atomic E-state index is -2.89. The molecule has 3 rings (SSSR count). The summed E-state index contributed by atoms with van der Waals surface area (Å²) in [6.45, 7) is -3.07. The van der Waals surface area contributed by atoms with Crippen LogP contribution in [-0.2, 0) is 4.79 Å². The number of carbonyl (C=O) groups is 1. The molecule has 28 heavy (non-hydrogen) atoms. The van der Waals surface area contributed by atoms with E-state index in [-0.39, 0.29) is 18.3 Å². The fourth-order valence-electron chi connectivity index (χ4n) is 2.39. The van der Waals surface area contributed by atoms with Gasteiger partial charge in [-0.25, -0.2) is 0 Å². The number of para-hydroxylation sites is 1. The van der Waals surface area contributed by atoms with Crippen molar-refractivity contribution in [2.75, 3.05) is 17.2 Å². The number of carbonyl (C=O) groups excluding carboxylic acids is 1. The number of hydrogen-bond donors (Lipinski definition) is 2. The highest BCUT2D eigenvalue weighted by atomic mass is 19.3. The third-order valence-electron chi connectivity index (χ3n) is 3.65. The molecule has 0 aliphatic heterocycles. The maximum atomic E-state index is 12.1. The number of nitrogens with one attached hydrogen (secondary N) is 2. The average Bonchev–Trinajstić information content (AvgIpc) is 2.69. The van der Waals surface area contributed by atoms with Crippen molar-refractivity contribution >= 4 is 23.0 Å². The van der Waals surface area contributed by atoms with Crippen molar-refractivity contribution < 1.29 is 23.0 Å². The van der Waals surface area contributed by atoms with Crippen molar-refractivity contribution in [1.29, 1.82) is 0 Å². The van der Waals surface area contributed by atoms with Crippen LogP contribution in [0.3, 0.4) is 0 Å². The number of anilines is 3. The largest absolute Gasteiger partial charge is 0.484 e. The van der Waals surface area contributed by atoms with E-state index in [2.05, 4.69) is 15.4 Å². The molecule has 144 valence electrons. The number of alkyl halides is 2. The lowest BCUT2D eigenvalue weighted by molar-refractivity contribution is -0.118. The van der Waals surface area contributed by atoms with Gasteiger partial charge in [-0.05, 0) is 60.7 Å². The minimum absolute atomic E-state index is 0.0217. The zero-order valence-corrected chi connectivity index (χ0v) is 14.8. The van der Waals surface area contributed by atoms with Gasteiger partial charge >= 0.3 is 6.61 Å². The molecule has 0 heterocycles. The lowest BCUT2D eigenvalue weighted by Gasteiger charge is -2.10. The van der Waals surface area contributed by atoms with Gasteiger partial charge in [0, 0.05) is 17.1 Å². The molecule has 0 unspecified atom stereocenters. The SMILES string of the molecule is O=C(COc1ccc(Nc2ccccc2)cc1)Nc1ccc(OC(F)F)cc1. The van der Waals surface area contributed by atoms with Crippen LogP contribution in [-0.4, -0.2) is 19.1 Å². The molecule has 0 aliphatic carbocycles. The lowest BCUT2D eigenvalue weighted by atomic mass is 10.2. The van der Waals surface area contributed by atoms with Gasteiger partial charge in [0.2, 0.25) is 0 Å². The van der Waals surface area contributed by atoms with Gasteiger partial charge in [-0.1, -0.05) is 18.2 Å². The van der Waals surface area contributed by atoms with E-state index in [0.717, 1.165) is 11.4 Å². The summed E-state index contributed by atoms with van der Waals surface area (Å²) in [5.41, 5.74) is 2.33. The summed E-state index contributed by atoms with van der Waals surface area (Å²) in [5.74, 6) is 0.205.